The number of aromatic amines is 4. The number of H-pyrrole nitrogens is 4. The lowest BCUT2D eigenvalue weighted by Crippen LogP contribution is -2.55. The Bertz CT molecular complexity index is 6370. The highest BCUT2D eigenvalue weighted by molar-refractivity contribution is 6.09. The average molecular weight is 1950 g/mol. The van der Waals surface area contributed by atoms with Crippen LogP contribution in [0.25, 0.3) is 88.4 Å². The van der Waals surface area contributed by atoms with Gasteiger partial charge in [0.25, 0.3) is 0 Å². The van der Waals surface area contributed by atoms with Gasteiger partial charge in [-0.05, 0) is 316 Å². The maximum atomic E-state index is 14.7. The van der Waals surface area contributed by atoms with Crippen LogP contribution in [0.15, 0.2) is 97.3 Å². The number of methoxy groups -OCH3 is 2. The van der Waals surface area contributed by atoms with E-state index in [4.69, 9.17) is 67.3 Å². The van der Waals surface area contributed by atoms with Crippen LogP contribution in [-0.4, -0.2) is 232 Å². The summed E-state index contributed by atoms with van der Waals surface area (Å²) in [6.45, 7) is 29.0. The molecule has 0 aliphatic carbocycles. The average Bonchev–Trinajstić information content (AvgIpc) is 1.48. The Kier molecular flexibility index (Phi) is 28.5. The van der Waals surface area contributed by atoms with Crippen molar-refractivity contribution in [2.24, 2.45) is 23.7 Å². The lowest BCUT2D eigenvalue weighted by Gasteiger charge is -2.39. The first-order chi connectivity index (χ1) is 68.3. The Morgan fingerprint density at radius 3 is 0.972 bits per heavy atom. The Morgan fingerprint density at radius 2 is 0.669 bits per heavy atom. The fraction of sp³-hybridized carbons (Fsp3) is 0.556. The molecule has 20 rings (SSSR count). The number of rotatable bonds is 20. The number of aromatic nitrogens is 8. The Balaban J connectivity index is 0.000000180. The molecule has 0 spiro atoms. The van der Waals surface area contributed by atoms with E-state index in [1.54, 1.807) is 13.8 Å². The highest BCUT2D eigenvalue weighted by Crippen LogP contribution is 2.50. The van der Waals surface area contributed by atoms with E-state index in [1.165, 1.54) is 14.2 Å². The van der Waals surface area contributed by atoms with E-state index in [2.05, 4.69) is 142 Å². The molecule has 10 aliphatic heterocycles. The Morgan fingerprint density at radius 1 is 0.366 bits per heavy atom. The predicted molar refractivity (Wildman–Crippen MR) is 533 cm³/mol. The number of hydrogen-bond acceptors (Lipinski definition) is 22. The third-order valence-electron chi connectivity index (χ3n) is 31.4. The first-order valence-electron chi connectivity index (χ1n) is 51.4. The minimum Gasteiger partial charge on any atom is -0.488 e. The molecule has 756 valence electrons. The van der Waals surface area contributed by atoms with E-state index in [-0.39, 0.29) is 158 Å². The molecule has 0 bridgehead atoms. The molecule has 0 radical (unpaired) electrons. The van der Waals surface area contributed by atoms with Gasteiger partial charge in [-0.3, -0.25) is 19.2 Å². The lowest BCUT2D eigenvalue weighted by molar-refractivity contribution is -0.141. The number of ether oxygens (including phenoxy) is 10. The third-order valence-corrected chi connectivity index (χ3v) is 31.4. The Hall–Kier alpha value is -12.4. The van der Waals surface area contributed by atoms with Gasteiger partial charge in [0.15, 0.2) is 0 Å². The topological polar surface area (TPSA) is 405 Å². The van der Waals surface area contributed by atoms with Crippen molar-refractivity contribution in [1.82, 2.24) is 80.7 Å². The number of likely N-dealkylation sites (tertiary alicyclic amines) is 4. The van der Waals surface area contributed by atoms with Crippen LogP contribution in [0.2, 0.25) is 0 Å². The van der Waals surface area contributed by atoms with Crippen molar-refractivity contribution < 1.29 is 85.7 Å². The molecule has 0 unspecified atom stereocenters. The number of imidazole rings is 4. The second kappa shape index (κ2) is 41.1. The van der Waals surface area contributed by atoms with Crippen LogP contribution >= 0.6 is 0 Å². The van der Waals surface area contributed by atoms with Gasteiger partial charge >= 0.3 is 24.4 Å². The summed E-state index contributed by atoms with van der Waals surface area (Å²) in [6, 6.07) is 25.1. The molecule has 10 aromatic rings. The first kappa shape index (κ1) is 98.4. The molecule has 8 N–H and O–H groups in total. The van der Waals surface area contributed by atoms with Crippen LogP contribution in [0.5, 0.6) is 11.5 Å². The van der Waals surface area contributed by atoms with Crippen LogP contribution in [0, 0.1) is 23.7 Å². The van der Waals surface area contributed by atoms with Crippen LogP contribution in [0.1, 0.15) is 258 Å². The van der Waals surface area contributed by atoms with Crippen molar-refractivity contribution in [3.05, 3.63) is 132 Å². The smallest absolute Gasteiger partial charge is 0.407 e. The van der Waals surface area contributed by atoms with E-state index < -0.39 is 48.5 Å². The second-order valence-electron chi connectivity index (χ2n) is 41.6. The zero-order valence-electron chi connectivity index (χ0n) is 84.2. The van der Waals surface area contributed by atoms with Gasteiger partial charge in [0.1, 0.15) is 72.2 Å². The lowest BCUT2D eigenvalue weighted by atomic mass is 9.85. The summed E-state index contributed by atoms with van der Waals surface area (Å²) < 4.78 is 57.6. The molecule has 8 fully saturated rings. The number of amides is 8. The first-order valence-corrected chi connectivity index (χ1v) is 51.4. The number of alkyl carbamates (subject to hydrolysis) is 4. The summed E-state index contributed by atoms with van der Waals surface area (Å²) in [5.41, 5.74) is 13.1. The van der Waals surface area contributed by atoms with E-state index in [9.17, 15) is 38.4 Å². The van der Waals surface area contributed by atoms with Crippen molar-refractivity contribution in [3.63, 3.8) is 0 Å². The van der Waals surface area contributed by atoms with Crippen molar-refractivity contribution in [3.8, 4) is 56.3 Å². The molecular weight excluding hydrogens is 1810 g/mol. The maximum absolute atomic E-state index is 14.7. The summed E-state index contributed by atoms with van der Waals surface area (Å²) in [7, 11) is 2.63. The van der Waals surface area contributed by atoms with Crippen molar-refractivity contribution in [1.29, 1.82) is 0 Å². The van der Waals surface area contributed by atoms with Crippen molar-refractivity contribution in [2.45, 2.75) is 334 Å². The molecule has 8 amide bonds. The van der Waals surface area contributed by atoms with Gasteiger partial charge in [-0.15, -0.1) is 0 Å². The molecule has 34 heteroatoms. The monoisotopic (exact) mass is 1950 g/mol. The van der Waals surface area contributed by atoms with E-state index in [0.29, 0.717) is 87.9 Å². The highest BCUT2D eigenvalue weighted by atomic mass is 16.6. The van der Waals surface area contributed by atoms with Crippen LogP contribution in [-0.2, 0) is 70.3 Å². The van der Waals surface area contributed by atoms with E-state index in [1.807, 2.05) is 99.5 Å². The van der Waals surface area contributed by atoms with Crippen molar-refractivity contribution >= 4 is 91.6 Å². The molecule has 8 saturated heterocycles. The highest BCUT2D eigenvalue weighted by Gasteiger charge is 2.51. The number of nitrogens with zero attached hydrogens (tertiary/aromatic N) is 8. The van der Waals surface area contributed by atoms with Gasteiger partial charge < -0.3 is 108 Å². The molecule has 20 atom stereocenters. The number of carbonyl (C=O) groups is 8. The summed E-state index contributed by atoms with van der Waals surface area (Å²) in [5.74, 6) is 3.45. The molecule has 0 saturated carbocycles. The summed E-state index contributed by atoms with van der Waals surface area (Å²) in [4.78, 5) is 152. The minimum atomic E-state index is -0.758. The van der Waals surface area contributed by atoms with Gasteiger partial charge in [-0.2, -0.15) is 0 Å². The predicted octanol–water partition coefficient (Wildman–Crippen LogP) is 18.0. The summed E-state index contributed by atoms with van der Waals surface area (Å²) >= 11 is 0. The van der Waals surface area contributed by atoms with E-state index in [0.717, 1.165) is 162 Å². The zero-order chi connectivity index (χ0) is 99.7. The number of carbonyl (C=O) groups excluding carboxylic acids is 8. The fourth-order valence-electron chi connectivity index (χ4n) is 25.1. The van der Waals surface area contributed by atoms with Crippen LogP contribution in [0.3, 0.4) is 0 Å². The summed E-state index contributed by atoms with van der Waals surface area (Å²) in [6.07, 6.45) is 12.4. The quantitative estimate of drug-likeness (QED) is 0.0329. The van der Waals surface area contributed by atoms with Gasteiger partial charge in [-0.25, -0.2) is 39.1 Å². The minimum absolute atomic E-state index is 0.0334. The molecule has 34 nitrogen and oxygen atoms in total. The maximum Gasteiger partial charge on any atom is 0.407 e. The number of nitrogens with one attached hydrogen (secondary N) is 8. The van der Waals surface area contributed by atoms with Crippen LogP contribution < -0.4 is 30.7 Å². The SMILES string of the molecule is CCOC(=O)N[C@H](C(=O)N1[C@@H](C)CC[C@H]1c1ncc(-c2ccc3c(c2)COc2cc4c(ccc5[nH]c([C@@H]6CC[C@H](C)N6C(=O)[C@@H](NC(=O)OCC)C6C[C@@H](C)O[C@H](C)C6)nc54)cc2-3)[nH]1)C1C[C@@H](C)O[C@H](C)C1.COC(=O)N[C@H](C(=O)N1[C@@H](C)CC[C@H]1c1ncc(-c2ccc3c(c2)COc2cc4c(ccc5[nH]c([C@@H]6CC[C@H](C)N6C(=O)[C@@H](NC(=O)OC)C6C[C@@H](C)O[C@H](C)C6)nc54)cc2-3)[nH]1)C1C[C@@H](C)O[C@H](C)C1. The summed E-state index contributed by atoms with van der Waals surface area (Å²) in [5, 5.41) is 15.6. The van der Waals surface area contributed by atoms with Gasteiger partial charge in [0.05, 0.1) is 146 Å². The van der Waals surface area contributed by atoms with Gasteiger partial charge in [0.2, 0.25) is 23.6 Å². The largest absolute Gasteiger partial charge is 0.488 e. The Labute approximate surface area is 827 Å². The van der Waals surface area contributed by atoms with E-state index >= 15 is 0 Å². The second-order valence-corrected chi connectivity index (χ2v) is 41.6. The zero-order valence-corrected chi connectivity index (χ0v) is 84.2. The molecule has 14 heterocycles. The molecule has 4 aromatic heterocycles. The number of fused-ring (bicyclic) bond motifs is 12. The fourth-order valence-corrected chi connectivity index (χ4v) is 25.1. The standard InChI is InChI=1S/C55H70N8O9.C53H66N8O9/c1-9-68-54(66)60-47(36-19-30(5)71-31(6)20-36)52(64)62-28(3)11-17-44(62)50-56-26-43(58-50)35-13-15-39-38(23-35)27-70-46-25-40-34(24-41(39)46)14-16-42-49(40)59-51(57-42)45-18-12-29(4)63(45)53(65)48(61-55(67)69-10-2)37-21-32(7)72-33(8)22-37;1-26-9-15-42(60(26)50(62)45(58-52(64)66-7)34-17-28(3)69-29(4)18-34)48-54-24-41(56-48)33-11-13-37-36(21-33)25-68-44-23-38-32(22-39(37)44)12-14-40-47(38)57-49(55-40)43-16-10-27(2)61(43)51(63)46(59-53(65)67-8)35-19-30(5)70-31(6)20-35/h13-16,23-26,28-33,36-37,44-45,47-48H,9-12,17-22,27H2,1-8H3,(H,56,58)(H,57,59)(H,60,66)(H,61,67);11-14,21-24,26-31,34-35,42-43,45-46H,9-10,15-20,25H2,1-8H3,(H,54,56)(H,55,57)(H,58,64)(H,59,65)/t28-,29-,30+,31+,32+,33+,44-,45-,47-,48-;26-,27-,28+,29+,30+,31+,42-,43-,45-,46-/m00/s1. The molecule has 6 aromatic carbocycles. The van der Waals surface area contributed by atoms with Crippen molar-refractivity contribution in [2.75, 3.05) is 27.4 Å². The van der Waals surface area contributed by atoms with Gasteiger partial charge in [-0.1, -0.05) is 36.4 Å². The molecule has 10 aliphatic rings. The normalized spacial score (nSPS) is 28.2. The number of benzene rings is 6. The third kappa shape index (κ3) is 19.8. The molecular formula is C108H136N16O18. The number of hydrogen-bond donors (Lipinski definition) is 8. The van der Waals surface area contributed by atoms with Crippen LogP contribution in [0.4, 0.5) is 19.2 Å². The molecule has 142 heavy (non-hydrogen) atoms. The van der Waals surface area contributed by atoms with Gasteiger partial charge in [0, 0.05) is 46.1 Å².